The SMILES string of the molecule is C.Cc1ccc(C)c(-c2cn(-c3cc(N)ncn3)cc2C#N)c1. The lowest BCUT2D eigenvalue weighted by Gasteiger charge is -2.06. The van der Waals surface area contributed by atoms with Crippen LogP contribution in [0.25, 0.3) is 16.9 Å². The summed E-state index contributed by atoms with van der Waals surface area (Å²) >= 11 is 0. The third-order valence-corrected chi connectivity index (χ3v) is 3.57. The number of nitrogen functional groups attached to an aromatic ring is 1. The average Bonchev–Trinajstić information content (AvgIpc) is 2.94. The Kier molecular flexibility index (Phi) is 4.47. The molecule has 23 heavy (non-hydrogen) atoms. The lowest BCUT2D eigenvalue weighted by atomic mass is 9.98. The van der Waals surface area contributed by atoms with Gasteiger partial charge in [0.15, 0.2) is 0 Å². The molecule has 116 valence electrons. The Morgan fingerprint density at radius 1 is 1.09 bits per heavy atom. The third kappa shape index (κ3) is 3.06. The maximum atomic E-state index is 9.43. The van der Waals surface area contributed by atoms with E-state index in [2.05, 4.69) is 34.2 Å². The lowest BCUT2D eigenvalue weighted by molar-refractivity contribution is 0.985. The van der Waals surface area contributed by atoms with Gasteiger partial charge in [0.05, 0.1) is 5.56 Å². The standard InChI is InChI=1S/C17H15N5.CH4/c1-11-3-4-12(2)14(5-11)15-9-22(8-13(15)7-18)17-6-16(19)20-10-21-17;/h3-6,8-10H,1-2H3,(H2,19,20,21);1H4. The molecule has 3 rings (SSSR count). The van der Waals surface area contributed by atoms with Gasteiger partial charge < -0.3 is 10.3 Å². The van der Waals surface area contributed by atoms with Gasteiger partial charge in [-0.3, -0.25) is 0 Å². The molecule has 0 aliphatic rings. The van der Waals surface area contributed by atoms with Gasteiger partial charge in [-0.05, 0) is 25.0 Å². The number of nitrogens with two attached hydrogens (primary N) is 1. The summed E-state index contributed by atoms with van der Waals surface area (Å²) in [7, 11) is 0. The number of nitrogens with zero attached hydrogens (tertiary/aromatic N) is 4. The third-order valence-electron chi connectivity index (χ3n) is 3.57. The van der Waals surface area contributed by atoms with Crippen LogP contribution in [-0.4, -0.2) is 14.5 Å². The van der Waals surface area contributed by atoms with Gasteiger partial charge in [0.25, 0.3) is 0 Å². The zero-order chi connectivity index (χ0) is 15.7. The monoisotopic (exact) mass is 305 g/mol. The van der Waals surface area contributed by atoms with E-state index in [0.29, 0.717) is 17.2 Å². The van der Waals surface area contributed by atoms with Crippen LogP contribution in [0.1, 0.15) is 24.1 Å². The summed E-state index contributed by atoms with van der Waals surface area (Å²) < 4.78 is 1.80. The Balaban J connectivity index is 0.00000192. The molecule has 3 aromatic rings. The van der Waals surface area contributed by atoms with Crippen molar-refractivity contribution in [1.82, 2.24) is 14.5 Å². The summed E-state index contributed by atoms with van der Waals surface area (Å²) in [5.41, 5.74) is 10.5. The van der Waals surface area contributed by atoms with Crippen LogP contribution in [0.15, 0.2) is 43.0 Å². The first-order chi connectivity index (χ1) is 10.6. The van der Waals surface area contributed by atoms with Gasteiger partial charge in [-0.1, -0.05) is 31.2 Å². The first-order valence-corrected chi connectivity index (χ1v) is 6.86. The summed E-state index contributed by atoms with van der Waals surface area (Å²) in [6, 6.07) is 10.1. The van der Waals surface area contributed by atoms with Crippen LogP contribution in [-0.2, 0) is 0 Å². The van der Waals surface area contributed by atoms with Gasteiger partial charge in [0, 0.05) is 24.0 Å². The van der Waals surface area contributed by atoms with E-state index < -0.39 is 0 Å². The highest BCUT2D eigenvalue weighted by Crippen LogP contribution is 2.29. The largest absolute Gasteiger partial charge is 0.384 e. The summed E-state index contributed by atoms with van der Waals surface area (Å²) in [5, 5.41) is 9.43. The predicted octanol–water partition coefficient (Wildman–Crippen LogP) is 3.64. The highest BCUT2D eigenvalue weighted by Gasteiger charge is 2.12. The fourth-order valence-corrected chi connectivity index (χ4v) is 2.42. The van der Waals surface area contributed by atoms with E-state index in [9.17, 15) is 5.26 Å². The van der Waals surface area contributed by atoms with E-state index >= 15 is 0 Å². The van der Waals surface area contributed by atoms with Crippen LogP contribution in [0.2, 0.25) is 0 Å². The highest BCUT2D eigenvalue weighted by molar-refractivity contribution is 5.74. The van der Waals surface area contributed by atoms with Crippen molar-refractivity contribution in [3.63, 3.8) is 0 Å². The van der Waals surface area contributed by atoms with E-state index in [0.717, 1.165) is 22.3 Å². The topological polar surface area (TPSA) is 80.5 Å². The number of nitriles is 1. The zero-order valence-corrected chi connectivity index (χ0v) is 12.4. The Morgan fingerprint density at radius 2 is 1.87 bits per heavy atom. The first kappa shape index (κ1) is 16.2. The van der Waals surface area contributed by atoms with E-state index in [1.807, 2.05) is 20.0 Å². The van der Waals surface area contributed by atoms with E-state index in [-0.39, 0.29) is 7.43 Å². The predicted molar refractivity (Wildman–Crippen MR) is 92.1 cm³/mol. The second kappa shape index (κ2) is 6.32. The fraction of sp³-hybridized carbons (Fsp3) is 0.167. The van der Waals surface area contributed by atoms with Crippen LogP contribution in [0.5, 0.6) is 0 Å². The number of hydrogen-bond acceptors (Lipinski definition) is 4. The molecule has 0 radical (unpaired) electrons. The first-order valence-electron chi connectivity index (χ1n) is 6.86. The molecule has 2 aromatic heterocycles. The molecule has 5 heteroatoms. The van der Waals surface area contributed by atoms with Crippen molar-refractivity contribution in [3.05, 3.63) is 59.7 Å². The lowest BCUT2D eigenvalue weighted by Crippen LogP contribution is -1.98. The quantitative estimate of drug-likeness (QED) is 0.783. The molecule has 0 aliphatic heterocycles. The number of hydrogen-bond donors (Lipinski definition) is 1. The van der Waals surface area contributed by atoms with Gasteiger partial charge >= 0.3 is 0 Å². The molecule has 0 saturated carbocycles. The highest BCUT2D eigenvalue weighted by atomic mass is 15.1. The minimum Gasteiger partial charge on any atom is -0.384 e. The smallest absolute Gasteiger partial charge is 0.142 e. The van der Waals surface area contributed by atoms with Crippen molar-refractivity contribution in [3.8, 4) is 23.0 Å². The van der Waals surface area contributed by atoms with E-state index in [1.54, 1.807) is 16.8 Å². The molecule has 5 nitrogen and oxygen atoms in total. The van der Waals surface area contributed by atoms with Crippen LogP contribution < -0.4 is 5.73 Å². The molecule has 2 N–H and O–H groups in total. The van der Waals surface area contributed by atoms with Crippen LogP contribution in [0, 0.1) is 25.2 Å². The number of benzene rings is 1. The summed E-state index contributed by atoms with van der Waals surface area (Å²) in [4.78, 5) is 8.08. The second-order valence-corrected chi connectivity index (χ2v) is 5.22. The van der Waals surface area contributed by atoms with Crippen LogP contribution in [0.4, 0.5) is 5.82 Å². The summed E-state index contributed by atoms with van der Waals surface area (Å²) in [6.45, 7) is 4.08. The van der Waals surface area contributed by atoms with Gasteiger partial charge in [0.1, 0.15) is 24.0 Å². The zero-order valence-electron chi connectivity index (χ0n) is 12.4. The molecule has 0 atom stereocenters. The van der Waals surface area contributed by atoms with Gasteiger partial charge in [-0.25, -0.2) is 9.97 Å². The normalized spacial score (nSPS) is 9.96. The molecular weight excluding hydrogens is 286 g/mol. The maximum Gasteiger partial charge on any atom is 0.142 e. The average molecular weight is 305 g/mol. The minimum absolute atomic E-state index is 0. The Bertz CT molecular complexity index is 887. The fourth-order valence-electron chi connectivity index (χ4n) is 2.42. The van der Waals surface area contributed by atoms with Gasteiger partial charge in [0.2, 0.25) is 0 Å². The molecular formula is C18H19N5. The molecule has 0 saturated heterocycles. The Labute approximate surface area is 136 Å². The van der Waals surface area contributed by atoms with Crippen molar-refractivity contribution < 1.29 is 0 Å². The van der Waals surface area contributed by atoms with Crippen molar-refractivity contribution >= 4 is 5.82 Å². The van der Waals surface area contributed by atoms with E-state index in [4.69, 9.17) is 5.73 Å². The van der Waals surface area contributed by atoms with Gasteiger partial charge in [-0.2, -0.15) is 5.26 Å². The van der Waals surface area contributed by atoms with Crippen molar-refractivity contribution in [2.45, 2.75) is 21.3 Å². The molecule has 0 amide bonds. The molecule has 2 heterocycles. The van der Waals surface area contributed by atoms with Crippen molar-refractivity contribution in [1.29, 1.82) is 5.26 Å². The molecule has 1 aromatic carbocycles. The summed E-state index contributed by atoms with van der Waals surface area (Å²) in [6.07, 6.45) is 5.08. The number of aromatic nitrogens is 3. The number of aryl methyl sites for hydroxylation is 2. The Morgan fingerprint density at radius 3 is 2.57 bits per heavy atom. The second-order valence-electron chi connectivity index (χ2n) is 5.22. The number of anilines is 1. The van der Waals surface area contributed by atoms with E-state index in [1.165, 1.54) is 6.33 Å². The molecule has 0 spiro atoms. The van der Waals surface area contributed by atoms with Crippen LogP contribution >= 0.6 is 0 Å². The molecule has 0 fully saturated rings. The summed E-state index contributed by atoms with van der Waals surface area (Å²) in [5.74, 6) is 1.03. The minimum atomic E-state index is 0. The molecule has 0 unspecified atom stereocenters. The number of rotatable bonds is 2. The van der Waals surface area contributed by atoms with Crippen molar-refractivity contribution in [2.75, 3.05) is 5.73 Å². The molecule has 0 aliphatic carbocycles. The van der Waals surface area contributed by atoms with Gasteiger partial charge in [-0.15, -0.1) is 0 Å². The van der Waals surface area contributed by atoms with Crippen molar-refractivity contribution in [2.24, 2.45) is 0 Å². The molecule has 0 bridgehead atoms. The Hall–Kier alpha value is -3.13. The van der Waals surface area contributed by atoms with Crippen LogP contribution in [0.3, 0.4) is 0 Å². The maximum absolute atomic E-state index is 9.43.